The van der Waals surface area contributed by atoms with E-state index in [0.717, 1.165) is 24.5 Å². The van der Waals surface area contributed by atoms with E-state index in [4.69, 9.17) is 29.5 Å². The van der Waals surface area contributed by atoms with Crippen molar-refractivity contribution in [3.8, 4) is 51.3 Å². The predicted molar refractivity (Wildman–Crippen MR) is 287 cm³/mol. The third-order valence-electron chi connectivity index (χ3n) is 10.2. The Morgan fingerprint density at radius 3 is 1.65 bits per heavy atom. The van der Waals surface area contributed by atoms with Gasteiger partial charge >= 0.3 is 75.0 Å². The molecule has 6 aromatic rings. The van der Waals surface area contributed by atoms with Crippen molar-refractivity contribution in [2.45, 2.75) is 34.6 Å². The Morgan fingerprint density at radius 1 is 0.671 bits per heavy atom. The molecule has 0 saturated carbocycles. The zero-order valence-corrected chi connectivity index (χ0v) is 47.4. The molecule has 408 valence electrons. The number of H-pyrrole nitrogens is 1. The summed E-state index contributed by atoms with van der Waals surface area (Å²) in [5.74, 6) is -0.955. The number of ether oxygens (including phenoxy) is 4. The van der Waals surface area contributed by atoms with Gasteiger partial charge in [0.15, 0.2) is 25.6 Å². The molecule has 79 heavy (non-hydrogen) atoms. The smallest absolute Gasteiger partial charge is 0.870 e. The number of aldehydes is 1. The molecule has 0 radical (unpaired) electrons. The van der Waals surface area contributed by atoms with Gasteiger partial charge in [0.05, 0.1) is 42.1 Å². The number of rotatable bonds is 17. The van der Waals surface area contributed by atoms with E-state index in [1.165, 1.54) is 25.5 Å². The van der Waals surface area contributed by atoms with Crippen LogP contribution in [0.2, 0.25) is 0 Å². The van der Waals surface area contributed by atoms with Crippen LogP contribution in [0.1, 0.15) is 58.2 Å². The van der Waals surface area contributed by atoms with E-state index < -0.39 is 36.8 Å². The standard InChI is InChI=1S/C19H16N2O5.C18H16O5.C11H12O4.C9H9O2.CH4O.K.H2O/c1-11-8-13(4-7-17(11)22)16-9-15(20-19(25)21-16)12-2-5-14(6-3-12)26-10-18(23)24;1-12-10-14(5-9-16(12)19)17(20)8-4-13-2-6-15(7-3-13)23-11-18(21)22;1-2-14-11(13)8-15-10-5-3-9(7-12)4-6-10;1-6-5-8(7(2)10)3-4-9(6)11;1-2;;/h2-9,22H,10H2,1H3,(H,23,24)(H,20,21,25);2-10,19H,11H2,1H3,(H,21,22);3-7H,2,8H2,1H3;3-5H,1-2H3;2H,1H3;;1H2/q;;;+1;;+1;/p-1/b;8-4+;;;;;. The van der Waals surface area contributed by atoms with Crippen LogP contribution >= 0.6 is 0 Å². The van der Waals surface area contributed by atoms with E-state index in [0.29, 0.717) is 74.2 Å². The molecule has 1 aliphatic carbocycles. The number of carbonyl (C=O) groups is 7. The van der Waals surface area contributed by atoms with Gasteiger partial charge in [0.25, 0.3) is 5.78 Å². The monoisotopic (exact) mass is 1110 g/mol. The van der Waals surface area contributed by atoms with E-state index in [1.807, 2.05) is 0 Å². The van der Waals surface area contributed by atoms with Crippen LogP contribution in [-0.4, -0.2) is 116 Å². The molecule has 0 bridgehead atoms. The van der Waals surface area contributed by atoms with Gasteiger partial charge in [-0.25, -0.2) is 19.2 Å². The summed E-state index contributed by atoms with van der Waals surface area (Å²) in [6, 6.07) is 31.3. The number of ketones is 3. The molecule has 7 N–H and O–H groups in total. The largest absolute Gasteiger partial charge is 1.00 e. The molecule has 0 amide bonds. The number of esters is 1. The number of aromatic hydroxyl groups is 2. The second-order valence-electron chi connectivity index (χ2n) is 16.0. The summed E-state index contributed by atoms with van der Waals surface area (Å²) >= 11 is 0. The van der Waals surface area contributed by atoms with E-state index >= 15 is 0 Å². The number of benzene rings is 5. The summed E-state index contributed by atoms with van der Waals surface area (Å²) in [5.41, 5.74) is 6.41. The maximum absolute atomic E-state index is 12.1. The third-order valence-corrected chi connectivity index (χ3v) is 10.2. The number of hydrogen-bond acceptors (Lipinski definition) is 17. The number of aromatic amines is 1. The van der Waals surface area contributed by atoms with Crippen LogP contribution in [-0.2, 0) is 28.7 Å². The van der Waals surface area contributed by atoms with E-state index in [9.17, 15) is 48.6 Å². The average Bonchev–Trinajstić information content (AvgIpc) is 3.42. The Bertz CT molecular complexity index is 3160. The number of aryl methyl sites for hydroxylation is 2. The molecule has 1 aromatic heterocycles. The number of carboxylic acids is 2. The van der Waals surface area contributed by atoms with Crippen LogP contribution in [0, 0.1) is 20.3 Å². The molecule has 0 unspecified atom stereocenters. The van der Waals surface area contributed by atoms with Crippen molar-refractivity contribution in [2.75, 3.05) is 33.5 Å². The number of aliphatic hydroxyl groups is 1. The Morgan fingerprint density at radius 2 is 1.16 bits per heavy atom. The number of aromatic nitrogens is 2. The molecular formula is C58H58KN2O18+. The number of aliphatic carboxylic acids is 2. The van der Waals surface area contributed by atoms with Crippen molar-refractivity contribution in [3.05, 3.63) is 189 Å². The van der Waals surface area contributed by atoms with Gasteiger partial charge in [-0.05, 0) is 152 Å². The number of Topliss-reactive ketones (excluding diaryl/α,β-unsaturated/α-hetero) is 2. The van der Waals surface area contributed by atoms with E-state index in [2.05, 4.69) is 14.7 Å². The van der Waals surface area contributed by atoms with Crippen molar-refractivity contribution in [1.29, 1.82) is 0 Å². The van der Waals surface area contributed by atoms with Crippen molar-refractivity contribution in [2.24, 2.45) is 0 Å². The zero-order chi connectivity index (χ0) is 57.0. The number of hydrogen-bond donors (Lipinski definition) is 6. The molecule has 0 saturated heterocycles. The van der Waals surface area contributed by atoms with Crippen LogP contribution in [0.4, 0.5) is 0 Å². The minimum atomic E-state index is -1.05. The van der Waals surface area contributed by atoms with Crippen molar-refractivity contribution in [1.82, 2.24) is 9.97 Å². The quantitative estimate of drug-likeness (QED) is 0.0179. The van der Waals surface area contributed by atoms with Gasteiger partial charge < -0.3 is 54.9 Å². The van der Waals surface area contributed by atoms with Crippen molar-refractivity contribution in [3.63, 3.8) is 0 Å². The molecule has 0 atom stereocenters. The molecule has 7 rings (SSSR count). The molecular weight excluding hydrogens is 1050 g/mol. The minimum Gasteiger partial charge on any atom is -0.870 e. The molecule has 0 fully saturated rings. The van der Waals surface area contributed by atoms with Gasteiger partial charge in [-0.15, -0.1) is 0 Å². The maximum Gasteiger partial charge on any atom is 1.00 e. The fraction of sp³-hybridized carbons (Fsp3) is 0.172. The molecule has 21 heteroatoms. The second-order valence-corrected chi connectivity index (χ2v) is 16.0. The summed E-state index contributed by atoms with van der Waals surface area (Å²) in [6.07, 6.45) is 8.44. The normalized spacial score (nSPS) is 10.7. The minimum absolute atomic E-state index is 0. The molecule has 1 aliphatic rings. The first kappa shape index (κ1) is 68.7. The molecule has 0 spiro atoms. The van der Waals surface area contributed by atoms with Crippen LogP contribution in [0.3, 0.4) is 0 Å². The van der Waals surface area contributed by atoms with Gasteiger partial charge in [-0.3, -0.25) is 19.2 Å². The Hall–Kier alpha value is -8.28. The van der Waals surface area contributed by atoms with Gasteiger partial charge in [-0.2, -0.15) is 4.98 Å². The van der Waals surface area contributed by atoms with Gasteiger partial charge in [0, 0.05) is 37.6 Å². The molecule has 20 nitrogen and oxygen atoms in total. The molecule has 0 aliphatic heterocycles. The SMILES string of the molecule is CC(=O)C1=C[CH+]C(=O)C(C)=C1.CCOC(=O)COc1ccc(C=O)cc1.CO.Cc1cc(-c2cc(-c3ccc(OCC(=O)O)cc3)[nH]c(=O)n2)ccc1O.Cc1cc(C(=O)/C=C/c2ccc(OCC(=O)O)cc2)ccc1O.[K+].[OH-]. The third kappa shape index (κ3) is 24.7. The fourth-order valence-electron chi connectivity index (χ4n) is 6.20. The van der Waals surface area contributed by atoms with Crippen LogP contribution in [0.5, 0.6) is 28.7 Å². The molecule has 1 heterocycles. The Balaban J connectivity index is 0.000000540. The van der Waals surface area contributed by atoms with Gasteiger partial charge in [-0.1, -0.05) is 18.2 Å². The van der Waals surface area contributed by atoms with Gasteiger partial charge in [0.2, 0.25) is 5.78 Å². The number of carbonyl (C=O) groups excluding carboxylic acids is 5. The first-order valence-corrected chi connectivity index (χ1v) is 23.1. The van der Waals surface area contributed by atoms with Crippen LogP contribution < -0.4 is 71.3 Å². The van der Waals surface area contributed by atoms with E-state index in [-0.39, 0.29) is 92.3 Å². The van der Waals surface area contributed by atoms with Gasteiger partial charge in [0.1, 0.15) is 40.6 Å². The number of allylic oxidation sites excluding steroid dienone is 5. The number of nitrogens with one attached hydrogen (secondary N) is 1. The summed E-state index contributed by atoms with van der Waals surface area (Å²) in [7, 11) is 1.00. The fourth-order valence-corrected chi connectivity index (χ4v) is 6.20. The first-order valence-electron chi connectivity index (χ1n) is 23.1. The topological polar surface area (TPSA) is 333 Å². The summed E-state index contributed by atoms with van der Waals surface area (Å²) in [6.45, 7) is 7.82. The summed E-state index contributed by atoms with van der Waals surface area (Å²) in [5, 5.41) is 43.3. The Kier molecular flexibility index (Phi) is 31.3. The predicted octanol–water partition coefficient (Wildman–Crippen LogP) is 4.75. The summed E-state index contributed by atoms with van der Waals surface area (Å²) < 4.78 is 19.9. The zero-order valence-electron chi connectivity index (χ0n) is 44.3. The number of nitrogens with zero attached hydrogens (tertiary/aromatic N) is 1. The van der Waals surface area contributed by atoms with Crippen LogP contribution in [0.15, 0.2) is 149 Å². The number of phenolic OH excluding ortho intramolecular Hbond substituents is 2. The van der Waals surface area contributed by atoms with Crippen LogP contribution in [0.25, 0.3) is 28.6 Å². The molecule has 5 aromatic carbocycles. The second kappa shape index (κ2) is 35.9. The summed E-state index contributed by atoms with van der Waals surface area (Å²) in [4.78, 5) is 94.6. The maximum atomic E-state index is 12.1. The Labute approximate surface area is 497 Å². The average molecular weight is 1110 g/mol. The number of carboxylic acid groups (broad SMARTS) is 2. The number of aliphatic hydroxyl groups excluding tert-OH is 1. The van der Waals surface area contributed by atoms with Crippen molar-refractivity contribution < 1.29 is 135 Å². The number of phenols is 2. The first-order chi connectivity index (χ1) is 36.7. The van der Waals surface area contributed by atoms with Crippen molar-refractivity contribution >= 4 is 47.6 Å². The van der Waals surface area contributed by atoms with E-state index in [1.54, 1.807) is 155 Å².